The summed E-state index contributed by atoms with van der Waals surface area (Å²) < 4.78 is 2.30. The van der Waals surface area contributed by atoms with Gasteiger partial charge in [-0.1, -0.05) is 63.2 Å². The van der Waals surface area contributed by atoms with Gasteiger partial charge in [-0.25, -0.2) is 4.57 Å². The van der Waals surface area contributed by atoms with E-state index in [0.29, 0.717) is 5.92 Å². The third-order valence-corrected chi connectivity index (χ3v) is 11.5. The third kappa shape index (κ3) is 3.22. The molecule has 3 aromatic rings. The molecule has 1 aliphatic rings. The zero-order valence-corrected chi connectivity index (χ0v) is 19.6. The summed E-state index contributed by atoms with van der Waals surface area (Å²) >= 11 is 0. The molecule has 0 aliphatic heterocycles. The molecule has 28 heavy (non-hydrogen) atoms. The van der Waals surface area contributed by atoms with Crippen molar-refractivity contribution in [1.29, 1.82) is 0 Å². The number of nitrogens with zero attached hydrogens (tertiary/aromatic N) is 1. The number of aromatic nitrogens is 1. The third-order valence-electron chi connectivity index (χ3n) is 7.09. The van der Waals surface area contributed by atoms with Gasteiger partial charge in [-0.15, -0.1) is 0 Å². The Morgan fingerprint density at radius 1 is 1.00 bits per heavy atom. The Balaban J connectivity index is 1.94. The van der Waals surface area contributed by atoms with Gasteiger partial charge in [0.25, 0.3) is 0 Å². The topological polar surface area (TPSA) is 3.88 Å². The normalized spacial score (nSPS) is 14.9. The van der Waals surface area contributed by atoms with Gasteiger partial charge >= 0.3 is 0 Å². The zero-order chi connectivity index (χ0) is 20.2. The fraction of sp³-hybridized carbons (Fsp3) is 0.423. The van der Waals surface area contributed by atoms with Crippen LogP contribution in [0.1, 0.15) is 49.3 Å². The average molecular weight is 389 g/mol. The highest BCUT2D eigenvalue weighted by molar-refractivity contribution is 6.91. The highest BCUT2D eigenvalue weighted by Crippen LogP contribution is 2.45. The van der Waals surface area contributed by atoms with E-state index in [1.54, 1.807) is 5.19 Å². The number of pyridine rings is 1. The number of aryl methyl sites for hydroxylation is 2. The van der Waals surface area contributed by atoms with Crippen molar-refractivity contribution in [3.63, 3.8) is 0 Å². The van der Waals surface area contributed by atoms with Crippen LogP contribution in [0.2, 0.25) is 18.6 Å². The van der Waals surface area contributed by atoms with Crippen molar-refractivity contribution in [3.8, 4) is 11.3 Å². The second-order valence-electron chi connectivity index (χ2n) is 9.74. The summed E-state index contributed by atoms with van der Waals surface area (Å²) in [6, 6.07) is 14.4. The summed E-state index contributed by atoms with van der Waals surface area (Å²) in [7, 11) is 0.859. The van der Waals surface area contributed by atoms with Crippen molar-refractivity contribution in [2.75, 3.05) is 0 Å². The lowest BCUT2D eigenvalue weighted by atomic mass is 9.91. The van der Waals surface area contributed by atoms with Crippen LogP contribution in [0.15, 0.2) is 42.6 Å². The highest BCUT2D eigenvalue weighted by atomic mass is 28.3. The van der Waals surface area contributed by atoms with Gasteiger partial charge in [0.15, 0.2) is 6.20 Å². The maximum Gasteiger partial charge on any atom is 0.220 e. The van der Waals surface area contributed by atoms with Crippen molar-refractivity contribution in [3.05, 3.63) is 59.3 Å². The number of benzene rings is 2. The molecule has 2 aromatic carbocycles. The first-order chi connectivity index (χ1) is 13.2. The quantitative estimate of drug-likeness (QED) is 0.373. The Bertz CT molecular complexity index is 1060. The zero-order valence-electron chi connectivity index (χ0n) is 18.6. The van der Waals surface area contributed by atoms with Crippen LogP contribution in [0.25, 0.3) is 22.0 Å². The fourth-order valence-corrected chi connectivity index (χ4v) is 7.74. The summed E-state index contributed by atoms with van der Waals surface area (Å²) in [5.41, 5.74) is 7.91. The maximum absolute atomic E-state index is 2.55. The smallest absolute Gasteiger partial charge is 0.200 e. The Morgan fingerprint density at radius 3 is 2.36 bits per heavy atom. The Labute approximate surface area is 171 Å². The summed E-state index contributed by atoms with van der Waals surface area (Å²) in [4.78, 5) is 0. The molecule has 2 heteroatoms. The van der Waals surface area contributed by atoms with Gasteiger partial charge in [-0.2, -0.15) is 0 Å². The van der Waals surface area contributed by atoms with Crippen LogP contribution in [0.3, 0.4) is 0 Å². The van der Waals surface area contributed by atoms with E-state index >= 15 is 0 Å². The van der Waals surface area contributed by atoms with Gasteiger partial charge in [0, 0.05) is 6.07 Å². The van der Waals surface area contributed by atoms with Gasteiger partial charge < -0.3 is 0 Å². The van der Waals surface area contributed by atoms with E-state index in [9.17, 15) is 0 Å². The molecular formula is C26H34NSi+. The van der Waals surface area contributed by atoms with Crippen molar-refractivity contribution in [2.45, 2.75) is 65.1 Å². The van der Waals surface area contributed by atoms with Crippen molar-refractivity contribution in [1.82, 2.24) is 0 Å². The lowest BCUT2D eigenvalue weighted by Gasteiger charge is -2.23. The van der Waals surface area contributed by atoms with Gasteiger partial charge in [-0.05, 0) is 59.5 Å². The fourth-order valence-electron chi connectivity index (χ4n) is 4.62. The van der Waals surface area contributed by atoms with Gasteiger partial charge in [0.05, 0.1) is 19.0 Å². The summed E-state index contributed by atoms with van der Waals surface area (Å²) in [6.07, 6.45) is 5.11. The van der Waals surface area contributed by atoms with Crippen LogP contribution >= 0.6 is 0 Å². The molecule has 0 saturated heterocycles. The minimum absolute atomic E-state index is 0.537. The number of hydrogen-bond acceptors (Lipinski definition) is 0. The van der Waals surface area contributed by atoms with Crippen LogP contribution in [-0.2, 0) is 7.05 Å². The molecule has 0 bridgehead atoms. The molecule has 0 spiro atoms. The SMILES string of the molecule is Cc1cc(C(C)C)cc(-c2c3ccc([Si](C)(C)C4CC4)cc3cc[n+]2C)c1C. The van der Waals surface area contributed by atoms with E-state index in [2.05, 4.69) is 95.0 Å². The second kappa shape index (κ2) is 6.84. The maximum atomic E-state index is 2.55. The van der Waals surface area contributed by atoms with E-state index in [0.717, 1.165) is 5.54 Å². The monoisotopic (exact) mass is 388 g/mol. The molecule has 1 saturated carbocycles. The Hall–Kier alpha value is -1.93. The molecule has 0 atom stereocenters. The Morgan fingerprint density at radius 2 is 1.71 bits per heavy atom. The predicted octanol–water partition coefficient (Wildman–Crippen LogP) is 6.15. The van der Waals surface area contributed by atoms with Crippen molar-refractivity contribution in [2.24, 2.45) is 7.05 Å². The van der Waals surface area contributed by atoms with E-state index in [1.165, 1.54) is 51.6 Å². The van der Waals surface area contributed by atoms with Crippen LogP contribution in [0.4, 0.5) is 0 Å². The number of rotatable bonds is 4. The predicted molar refractivity (Wildman–Crippen MR) is 124 cm³/mol. The molecule has 0 unspecified atom stereocenters. The minimum atomic E-state index is -1.32. The van der Waals surface area contributed by atoms with Gasteiger partial charge in [-0.3, -0.25) is 0 Å². The van der Waals surface area contributed by atoms with Gasteiger partial charge in [0.2, 0.25) is 5.69 Å². The average Bonchev–Trinajstić information content (AvgIpc) is 3.49. The molecule has 1 fully saturated rings. The molecule has 1 nitrogen and oxygen atoms in total. The van der Waals surface area contributed by atoms with Crippen LogP contribution in [-0.4, -0.2) is 8.07 Å². The van der Waals surface area contributed by atoms with Crippen molar-refractivity contribution < 1.29 is 4.57 Å². The molecule has 0 amide bonds. The van der Waals surface area contributed by atoms with Crippen LogP contribution in [0.5, 0.6) is 0 Å². The standard InChI is InChI=1S/C26H34NSi/c1-17(2)21-14-18(3)19(4)25(16-21)26-24-11-10-23(28(6,7)22-8-9-22)15-20(24)12-13-27(26)5/h10-17,22H,8-9H2,1-7H3/q+1. The van der Waals surface area contributed by atoms with Gasteiger partial charge in [0.1, 0.15) is 7.05 Å². The second-order valence-corrected chi connectivity index (χ2v) is 14.6. The number of hydrogen-bond donors (Lipinski definition) is 0. The van der Waals surface area contributed by atoms with Crippen LogP contribution < -0.4 is 9.75 Å². The summed E-state index contributed by atoms with van der Waals surface area (Å²) in [5, 5.41) is 4.38. The number of fused-ring (bicyclic) bond motifs is 1. The highest BCUT2D eigenvalue weighted by Gasteiger charge is 2.40. The van der Waals surface area contributed by atoms with E-state index in [4.69, 9.17) is 0 Å². The largest absolute Gasteiger partial charge is 0.220 e. The first kappa shape index (κ1) is 19.4. The molecule has 4 rings (SSSR count). The van der Waals surface area contributed by atoms with E-state index < -0.39 is 8.07 Å². The lowest BCUT2D eigenvalue weighted by molar-refractivity contribution is -0.659. The lowest BCUT2D eigenvalue weighted by Crippen LogP contribution is -2.41. The van der Waals surface area contributed by atoms with E-state index in [-0.39, 0.29) is 0 Å². The molecule has 1 aromatic heterocycles. The molecule has 0 N–H and O–H groups in total. The molecule has 1 heterocycles. The van der Waals surface area contributed by atoms with E-state index in [1.807, 2.05) is 0 Å². The molecular weight excluding hydrogens is 354 g/mol. The summed E-state index contributed by atoms with van der Waals surface area (Å²) in [6.45, 7) is 14.2. The Kier molecular flexibility index (Phi) is 4.74. The molecule has 0 radical (unpaired) electrons. The minimum Gasteiger partial charge on any atom is -0.200 e. The molecule has 1 aliphatic carbocycles. The van der Waals surface area contributed by atoms with Crippen LogP contribution in [0, 0.1) is 13.8 Å². The van der Waals surface area contributed by atoms with Crippen molar-refractivity contribution >= 4 is 24.0 Å². The molecule has 146 valence electrons. The first-order valence-electron chi connectivity index (χ1n) is 10.7. The summed E-state index contributed by atoms with van der Waals surface area (Å²) in [5.74, 6) is 0.537. The first-order valence-corrected chi connectivity index (χ1v) is 13.8.